The lowest BCUT2D eigenvalue weighted by Gasteiger charge is -2.13. The van der Waals surface area contributed by atoms with E-state index in [1.54, 1.807) is 24.3 Å². The van der Waals surface area contributed by atoms with E-state index in [1.165, 1.54) is 6.92 Å². The number of fused-ring (bicyclic) bond motifs is 3. The first kappa shape index (κ1) is 20.7. The van der Waals surface area contributed by atoms with Crippen molar-refractivity contribution in [2.75, 3.05) is 25.0 Å². The van der Waals surface area contributed by atoms with Crippen molar-refractivity contribution in [3.8, 4) is 11.5 Å². The molecule has 160 valence electrons. The van der Waals surface area contributed by atoms with Crippen LogP contribution >= 0.6 is 0 Å². The molecular weight excluding hydrogens is 394 g/mol. The second-order valence-corrected chi connectivity index (χ2v) is 7.43. The average molecular weight is 419 g/mol. The average Bonchev–Trinajstić information content (AvgIpc) is 3.10. The number of nitrogens with one attached hydrogen (secondary N) is 3. The molecule has 3 aromatic carbocycles. The van der Waals surface area contributed by atoms with Crippen LogP contribution in [0.3, 0.4) is 0 Å². The molecule has 0 radical (unpaired) electrons. The van der Waals surface area contributed by atoms with Gasteiger partial charge in [-0.05, 0) is 48.0 Å². The fraction of sp³-hybridized carbons (Fsp3) is 0.208. The van der Waals surface area contributed by atoms with Gasteiger partial charge in [-0.25, -0.2) is 0 Å². The number of hydrogen-bond acceptors (Lipinski definition) is 5. The summed E-state index contributed by atoms with van der Waals surface area (Å²) in [5.41, 5.74) is 3.47. The van der Waals surface area contributed by atoms with E-state index in [-0.39, 0.29) is 11.7 Å². The number of H-pyrrole nitrogens is 1. The third-order valence-corrected chi connectivity index (χ3v) is 5.05. The van der Waals surface area contributed by atoms with Gasteiger partial charge in [0.25, 0.3) is 0 Å². The lowest BCUT2D eigenvalue weighted by atomic mass is 10.1. The maximum atomic E-state index is 11.3. The molecule has 0 bridgehead atoms. The molecule has 4 aromatic rings. The van der Waals surface area contributed by atoms with Gasteiger partial charge in [-0.3, -0.25) is 4.79 Å². The van der Waals surface area contributed by atoms with Crippen LogP contribution in [-0.2, 0) is 4.79 Å². The lowest BCUT2D eigenvalue weighted by molar-refractivity contribution is -0.114. The maximum Gasteiger partial charge on any atom is 0.221 e. The molecule has 0 aliphatic rings. The van der Waals surface area contributed by atoms with Gasteiger partial charge in [0.15, 0.2) is 0 Å². The molecule has 1 aromatic heterocycles. The summed E-state index contributed by atoms with van der Waals surface area (Å²) in [5, 5.41) is 27.6. The predicted molar refractivity (Wildman–Crippen MR) is 122 cm³/mol. The zero-order valence-electron chi connectivity index (χ0n) is 17.2. The molecule has 0 aliphatic carbocycles. The minimum Gasteiger partial charge on any atom is -0.508 e. The smallest absolute Gasteiger partial charge is 0.221 e. The Labute approximate surface area is 179 Å². The lowest BCUT2D eigenvalue weighted by Crippen LogP contribution is -2.26. The van der Waals surface area contributed by atoms with Gasteiger partial charge >= 0.3 is 0 Å². The minimum atomic E-state index is -0.648. The summed E-state index contributed by atoms with van der Waals surface area (Å²) in [7, 11) is 0. The molecule has 1 unspecified atom stereocenters. The number of aromatic hydroxyl groups is 1. The number of anilines is 1. The number of rotatable bonds is 8. The number of aliphatic hydroxyl groups is 1. The van der Waals surface area contributed by atoms with Crippen molar-refractivity contribution in [1.29, 1.82) is 0 Å². The van der Waals surface area contributed by atoms with Crippen molar-refractivity contribution >= 4 is 33.4 Å². The monoisotopic (exact) mass is 419 g/mol. The predicted octanol–water partition coefficient (Wildman–Crippen LogP) is 3.69. The van der Waals surface area contributed by atoms with Crippen molar-refractivity contribution < 1.29 is 19.7 Å². The van der Waals surface area contributed by atoms with Crippen molar-refractivity contribution in [3.63, 3.8) is 0 Å². The maximum absolute atomic E-state index is 11.3. The number of ether oxygens (including phenoxy) is 1. The van der Waals surface area contributed by atoms with Crippen molar-refractivity contribution in [2.45, 2.75) is 13.0 Å². The standard InChI is InChI=1S/C24H25N3O4/c1-15(28)26-17-4-9-22-21(12-17)20-8-7-19(13-23(20)27-22)31-11-10-25-14-24(30)16-2-5-18(29)6-3-16/h2-9,12-13,24-25,27,29-30H,10-11,14H2,1H3,(H,26,28). The zero-order valence-corrected chi connectivity index (χ0v) is 17.2. The Morgan fingerprint density at radius 1 is 1.03 bits per heavy atom. The van der Waals surface area contributed by atoms with Crippen LogP contribution < -0.4 is 15.4 Å². The van der Waals surface area contributed by atoms with Crippen LogP contribution in [0.5, 0.6) is 11.5 Å². The van der Waals surface area contributed by atoms with E-state index in [1.807, 2.05) is 36.4 Å². The number of carbonyl (C=O) groups excluding carboxylic acids is 1. The summed E-state index contributed by atoms with van der Waals surface area (Å²) in [6.07, 6.45) is -0.648. The molecule has 0 spiro atoms. The number of carbonyl (C=O) groups is 1. The number of aromatic nitrogens is 1. The fourth-order valence-corrected chi connectivity index (χ4v) is 3.55. The van der Waals surface area contributed by atoms with E-state index in [9.17, 15) is 15.0 Å². The molecule has 5 N–H and O–H groups in total. The van der Waals surface area contributed by atoms with Gasteiger partial charge in [-0.1, -0.05) is 12.1 Å². The number of hydrogen-bond donors (Lipinski definition) is 5. The molecule has 0 saturated heterocycles. The normalized spacial score (nSPS) is 12.2. The van der Waals surface area contributed by atoms with E-state index < -0.39 is 6.10 Å². The van der Waals surface area contributed by atoms with Gasteiger partial charge in [0.1, 0.15) is 18.1 Å². The minimum absolute atomic E-state index is 0.0981. The Morgan fingerprint density at radius 2 is 1.84 bits per heavy atom. The third kappa shape index (κ3) is 4.96. The van der Waals surface area contributed by atoms with E-state index in [0.29, 0.717) is 19.7 Å². The first-order chi connectivity index (χ1) is 15.0. The van der Waals surface area contributed by atoms with Crippen molar-refractivity contribution in [3.05, 3.63) is 66.2 Å². The zero-order chi connectivity index (χ0) is 21.8. The molecule has 4 rings (SSSR count). The molecular formula is C24H25N3O4. The van der Waals surface area contributed by atoms with Crippen LogP contribution in [0.1, 0.15) is 18.6 Å². The number of phenols is 1. The largest absolute Gasteiger partial charge is 0.508 e. The highest BCUT2D eigenvalue weighted by molar-refractivity contribution is 6.09. The van der Waals surface area contributed by atoms with Crippen LogP contribution in [0, 0.1) is 0 Å². The second kappa shape index (κ2) is 9.07. The Morgan fingerprint density at radius 3 is 2.61 bits per heavy atom. The summed E-state index contributed by atoms with van der Waals surface area (Å²) in [6, 6.07) is 18.2. The van der Waals surface area contributed by atoms with Crippen LogP contribution in [0.15, 0.2) is 60.7 Å². The Hall–Kier alpha value is -3.55. The first-order valence-electron chi connectivity index (χ1n) is 10.1. The summed E-state index contributed by atoms with van der Waals surface area (Å²) in [6.45, 7) is 2.93. The first-order valence-corrected chi connectivity index (χ1v) is 10.1. The second-order valence-electron chi connectivity index (χ2n) is 7.43. The molecule has 1 atom stereocenters. The SMILES string of the molecule is CC(=O)Nc1ccc2[nH]c3cc(OCCNCC(O)c4ccc(O)cc4)ccc3c2c1. The highest BCUT2D eigenvalue weighted by atomic mass is 16.5. The van der Waals surface area contributed by atoms with E-state index in [2.05, 4.69) is 15.6 Å². The molecule has 0 saturated carbocycles. The van der Waals surface area contributed by atoms with Gasteiger partial charge in [-0.15, -0.1) is 0 Å². The van der Waals surface area contributed by atoms with Crippen LogP contribution in [0.25, 0.3) is 21.8 Å². The number of benzene rings is 3. The topological polar surface area (TPSA) is 107 Å². The molecule has 31 heavy (non-hydrogen) atoms. The quantitative estimate of drug-likeness (QED) is 0.280. The Balaban J connectivity index is 1.33. The number of phenolic OH excluding ortho intramolecular Hbond substituents is 1. The van der Waals surface area contributed by atoms with E-state index in [4.69, 9.17) is 4.74 Å². The fourth-order valence-electron chi connectivity index (χ4n) is 3.55. The summed E-state index contributed by atoms with van der Waals surface area (Å²) in [4.78, 5) is 14.7. The number of aliphatic hydroxyl groups excluding tert-OH is 1. The van der Waals surface area contributed by atoms with Crippen LogP contribution in [0.2, 0.25) is 0 Å². The highest BCUT2D eigenvalue weighted by Crippen LogP contribution is 2.30. The van der Waals surface area contributed by atoms with Crippen molar-refractivity contribution in [2.24, 2.45) is 0 Å². The van der Waals surface area contributed by atoms with Gasteiger partial charge in [-0.2, -0.15) is 0 Å². The molecule has 1 amide bonds. The molecule has 1 heterocycles. The summed E-state index contributed by atoms with van der Waals surface area (Å²) in [5.74, 6) is 0.832. The summed E-state index contributed by atoms with van der Waals surface area (Å²) < 4.78 is 5.84. The number of amides is 1. The summed E-state index contributed by atoms with van der Waals surface area (Å²) >= 11 is 0. The Bertz CT molecular complexity index is 1200. The van der Waals surface area contributed by atoms with E-state index in [0.717, 1.165) is 38.8 Å². The molecule has 7 heteroatoms. The molecule has 7 nitrogen and oxygen atoms in total. The number of aromatic amines is 1. The molecule has 0 fully saturated rings. The van der Waals surface area contributed by atoms with Gasteiger partial charge in [0.2, 0.25) is 5.91 Å². The van der Waals surface area contributed by atoms with Crippen LogP contribution in [-0.4, -0.2) is 40.8 Å². The van der Waals surface area contributed by atoms with Gasteiger partial charge < -0.3 is 30.6 Å². The van der Waals surface area contributed by atoms with Crippen LogP contribution in [0.4, 0.5) is 5.69 Å². The Kier molecular flexibility index (Phi) is 6.06. The van der Waals surface area contributed by atoms with E-state index >= 15 is 0 Å². The van der Waals surface area contributed by atoms with Gasteiger partial charge in [0.05, 0.1) is 11.6 Å². The molecule has 0 aliphatic heterocycles. The highest BCUT2D eigenvalue weighted by Gasteiger charge is 2.08. The van der Waals surface area contributed by atoms with Gasteiger partial charge in [0, 0.05) is 48.1 Å². The van der Waals surface area contributed by atoms with Crippen molar-refractivity contribution in [1.82, 2.24) is 10.3 Å². The third-order valence-electron chi connectivity index (χ3n) is 5.05.